The summed E-state index contributed by atoms with van der Waals surface area (Å²) in [4.78, 5) is 12.1. The minimum absolute atomic E-state index is 0.113. The Kier molecular flexibility index (Phi) is 6.39. The highest BCUT2D eigenvalue weighted by atomic mass is 32.2. The zero-order chi connectivity index (χ0) is 17.7. The number of carbonyl (C=O) groups excluding carboxylic acids is 1. The molecule has 1 heterocycles. The lowest BCUT2D eigenvalue weighted by Crippen LogP contribution is -2.18. The van der Waals surface area contributed by atoms with E-state index >= 15 is 0 Å². The molecule has 0 aliphatic heterocycles. The average molecular weight is 348 g/mol. The fourth-order valence-corrected chi connectivity index (χ4v) is 2.75. The van der Waals surface area contributed by atoms with Gasteiger partial charge < -0.3 is 15.5 Å². The molecule has 130 valence electrons. The second-order valence-electron chi connectivity index (χ2n) is 5.97. The Balaban J connectivity index is 1.89. The van der Waals surface area contributed by atoms with Gasteiger partial charge in [0.2, 0.25) is 11.8 Å². The van der Waals surface area contributed by atoms with E-state index in [-0.39, 0.29) is 23.6 Å². The summed E-state index contributed by atoms with van der Waals surface area (Å²) in [7, 11) is 0. The van der Waals surface area contributed by atoms with Crippen LogP contribution in [-0.2, 0) is 4.79 Å². The Labute approximate surface area is 146 Å². The third-order valence-electron chi connectivity index (χ3n) is 3.95. The number of carbonyl (C=O) groups is 1. The predicted molar refractivity (Wildman–Crippen MR) is 96.0 cm³/mol. The third kappa shape index (κ3) is 4.82. The second-order valence-corrected chi connectivity index (χ2v) is 6.90. The Morgan fingerprint density at radius 1 is 1.38 bits per heavy atom. The zero-order valence-corrected chi connectivity index (χ0v) is 15.3. The molecule has 2 aromatic rings. The summed E-state index contributed by atoms with van der Waals surface area (Å²) >= 11 is 1.21. The van der Waals surface area contributed by atoms with Crippen LogP contribution in [0.2, 0.25) is 0 Å². The first-order valence-corrected chi connectivity index (χ1v) is 8.98. The van der Waals surface area contributed by atoms with Crippen molar-refractivity contribution >= 4 is 23.4 Å². The Morgan fingerprint density at radius 2 is 2.12 bits per heavy atom. The molecule has 6 nitrogen and oxygen atoms in total. The van der Waals surface area contributed by atoms with E-state index in [4.69, 9.17) is 10.2 Å². The van der Waals surface area contributed by atoms with Gasteiger partial charge in [-0.2, -0.15) is 0 Å². The van der Waals surface area contributed by atoms with Gasteiger partial charge in [-0.15, -0.1) is 10.2 Å². The van der Waals surface area contributed by atoms with Gasteiger partial charge >= 0.3 is 0 Å². The van der Waals surface area contributed by atoms with Gasteiger partial charge in [0.1, 0.15) is 0 Å². The molecular formula is C17H24N4O2S. The van der Waals surface area contributed by atoms with Crippen molar-refractivity contribution in [3.8, 4) is 0 Å². The van der Waals surface area contributed by atoms with Crippen molar-refractivity contribution in [2.75, 3.05) is 11.1 Å². The second kappa shape index (κ2) is 8.30. The Hall–Kier alpha value is -1.86. The van der Waals surface area contributed by atoms with Crippen molar-refractivity contribution in [3.05, 3.63) is 35.2 Å². The van der Waals surface area contributed by atoms with Gasteiger partial charge in [-0.25, -0.2) is 0 Å². The molecule has 0 bridgehead atoms. The van der Waals surface area contributed by atoms with Gasteiger partial charge in [-0.05, 0) is 31.4 Å². The number of hydrogen-bond acceptors (Lipinski definition) is 6. The van der Waals surface area contributed by atoms with Crippen LogP contribution in [0.25, 0.3) is 0 Å². The fourth-order valence-electron chi connectivity index (χ4n) is 2.18. The van der Waals surface area contributed by atoms with E-state index in [9.17, 15) is 4.79 Å². The van der Waals surface area contributed by atoms with Crippen molar-refractivity contribution in [1.29, 1.82) is 0 Å². The molecule has 0 aliphatic carbocycles. The number of hydrogen-bond donors (Lipinski definition) is 2. The molecule has 1 aromatic carbocycles. The number of benzene rings is 1. The number of amides is 1. The average Bonchev–Trinajstić information content (AvgIpc) is 3.03. The maximum absolute atomic E-state index is 12.1. The number of aromatic nitrogens is 2. The summed E-state index contributed by atoms with van der Waals surface area (Å²) in [5, 5.41) is 11.2. The Morgan fingerprint density at radius 3 is 2.79 bits per heavy atom. The molecule has 3 N–H and O–H groups in total. The maximum atomic E-state index is 12.1. The van der Waals surface area contributed by atoms with Gasteiger partial charge in [0.25, 0.3) is 5.22 Å². The molecule has 7 heteroatoms. The van der Waals surface area contributed by atoms with Crippen molar-refractivity contribution in [2.24, 2.45) is 11.7 Å². The lowest BCUT2D eigenvalue weighted by Gasteiger charge is -2.13. The lowest BCUT2D eigenvalue weighted by atomic mass is 10.0. The van der Waals surface area contributed by atoms with Gasteiger partial charge in [0.15, 0.2) is 0 Å². The lowest BCUT2D eigenvalue weighted by molar-refractivity contribution is -0.113. The van der Waals surface area contributed by atoms with Crippen molar-refractivity contribution in [3.63, 3.8) is 0 Å². The first kappa shape index (κ1) is 18.5. The van der Waals surface area contributed by atoms with Crippen molar-refractivity contribution in [1.82, 2.24) is 10.2 Å². The molecule has 2 rings (SSSR count). The van der Waals surface area contributed by atoms with E-state index in [1.54, 1.807) is 0 Å². The molecule has 1 amide bonds. The maximum Gasteiger partial charge on any atom is 0.277 e. The number of nitrogens with zero attached hydrogens (tertiary/aromatic N) is 2. The highest BCUT2D eigenvalue weighted by Gasteiger charge is 2.20. The molecule has 0 aliphatic rings. The minimum atomic E-state index is -0.277. The number of rotatable bonds is 7. The third-order valence-corrected chi connectivity index (χ3v) is 4.77. The van der Waals surface area contributed by atoms with Gasteiger partial charge in [0.05, 0.1) is 11.8 Å². The zero-order valence-electron chi connectivity index (χ0n) is 14.5. The molecule has 24 heavy (non-hydrogen) atoms. The predicted octanol–water partition coefficient (Wildman–Crippen LogP) is 3.46. The van der Waals surface area contributed by atoms with Crippen molar-refractivity contribution < 1.29 is 9.21 Å². The van der Waals surface area contributed by atoms with E-state index in [1.165, 1.54) is 11.8 Å². The van der Waals surface area contributed by atoms with E-state index in [2.05, 4.69) is 22.4 Å². The monoisotopic (exact) mass is 348 g/mol. The van der Waals surface area contributed by atoms with Crippen LogP contribution in [0.15, 0.2) is 27.8 Å². The molecular weight excluding hydrogens is 324 g/mol. The summed E-state index contributed by atoms with van der Waals surface area (Å²) in [5.74, 6) is 0.767. The normalized spacial score (nSPS) is 13.5. The molecule has 0 saturated carbocycles. The number of aryl methyl sites for hydroxylation is 2. The Bertz CT molecular complexity index is 702. The van der Waals surface area contributed by atoms with Gasteiger partial charge in [-0.3, -0.25) is 4.79 Å². The standard InChI is InChI=1S/C17H24N4O2S/c1-5-11(3)15(18)16-20-21-17(23-16)24-9-14(22)19-13-7-6-10(2)8-12(13)4/h6-8,11,15H,5,9,18H2,1-4H3,(H,19,22)/t11-,15+/m1/s1. The number of nitrogens with one attached hydrogen (secondary N) is 1. The molecule has 1 aromatic heterocycles. The van der Waals surface area contributed by atoms with E-state index in [0.29, 0.717) is 11.1 Å². The minimum Gasteiger partial charge on any atom is -0.414 e. The van der Waals surface area contributed by atoms with Crippen LogP contribution in [-0.4, -0.2) is 21.9 Å². The van der Waals surface area contributed by atoms with E-state index in [0.717, 1.165) is 23.2 Å². The molecule has 0 radical (unpaired) electrons. The molecule has 0 unspecified atom stereocenters. The summed E-state index contributed by atoms with van der Waals surface area (Å²) < 4.78 is 5.54. The summed E-state index contributed by atoms with van der Waals surface area (Å²) in [6, 6.07) is 5.63. The highest BCUT2D eigenvalue weighted by molar-refractivity contribution is 7.99. The summed E-state index contributed by atoms with van der Waals surface area (Å²) in [5.41, 5.74) is 9.08. The first-order chi connectivity index (χ1) is 11.4. The topological polar surface area (TPSA) is 94.0 Å². The first-order valence-electron chi connectivity index (χ1n) is 7.99. The SMILES string of the molecule is CC[C@@H](C)[C@H](N)c1nnc(SCC(=O)Nc2ccc(C)cc2C)o1. The van der Waals surface area contributed by atoms with Crippen LogP contribution in [0.3, 0.4) is 0 Å². The highest BCUT2D eigenvalue weighted by Crippen LogP contribution is 2.24. The number of nitrogens with two attached hydrogens (primary N) is 1. The van der Waals surface area contributed by atoms with Crippen LogP contribution in [0.5, 0.6) is 0 Å². The largest absolute Gasteiger partial charge is 0.414 e. The number of thioether (sulfide) groups is 1. The van der Waals surface area contributed by atoms with E-state index in [1.807, 2.05) is 39.0 Å². The van der Waals surface area contributed by atoms with Crippen LogP contribution >= 0.6 is 11.8 Å². The van der Waals surface area contributed by atoms with Crippen LogP contribution in [0, 0.1) is 19.8 Å². The van der Waals surface area contributed by atoms with Crippen LogP contribution in [0.1, 0.15) is 43.3 Å². The van der Waals surface area contributed by atoms with E-state index < -0.39 is 0 Å². The van der Waals surface area contributed by atoms with Gasteiger partial charge in [0, 0.05) is 5.69 Å². The smallest absolute Gasteiger partial charge is 0.277 e. The molecule has 0 saturated heterocycles. The van der Waals surface area contributed by atoms with Gasteiger partial charge in [-0.1, -0.05) is 49.7 Å². The fraction of sp³-hybridized carbons (Fsp3) is 0.471. The molecule has 2 atom stereocenters. The summed E-state index contributed by atoms with van der Waals surface area (Å²) in [6.45, 7) is 8.09. The quantitative estimate of drug-likeness (QED) is 0.744. The van der Waals surface area contributed by atoms with Crippen LogP contribution in [0.4, 0.5) is 5.69 Å². The summed E-state index contributed by atoms with van der Waals surface area (Å²) in [6.07, 6.45) is 0.935. The molecule has 0 fully saturated rings. The van der Waals surface area contributed by atoms with Crippen LogP contribution < -0.4 is 11.1 Å². The van der Waals surface area contributed by atoms with Crippen molar-refractivity contribution in [2.45, 2.75) is 45.4 Å². The molecule has 0 spiro atoms. The number of anilines is 1.